The Kier molecular flexibility index (Phi) is 12.5. The minimum Gasteiger partial charge on any atom is -0.379 e. The van der Waals surface area contributed by atoms with Crippen LogP contribution in [0.3, 0.4) is 0 Å². The van der Waals surface area contributed by atoms with E-state index in [-0.39, 0.29) is 0 Å². The van der Waals surface area contributed by atoms with Gasteiger partial charge >= 0.3 is 0 Å². The molecule has 0 spiro atoms. The molecule has 10 heteroatoms. The summed E-state index contributed by atoms with van der Waals surface area (Å²) in [6.07, 6.45) is 3.09. The predicted octanol–water partition coefficient (Wildman–Crippen LogP) is 1.84. The van der Waals surface area contributed by atoms with Gasteiger partial charge < -0.3 is 37.6 Å². The monoisotopic (exact) mass is 442 g/mol. The van der Waals surface area contributed by atoms with Gasteiger partial charge in [-0.25, -0.2) is 0 Å². The van der Waals surface area contributed by atoms with E-state index in [9.17, 15) is 9.13 Å². The van der Waals surface area contributed by atoms with Crippen LogP contribution in [0.25, 0.3) is 0 Å². The summed E-state index contributed by atoms with van der Waals surface area (Å²) in [5.41, 5.74) is 0. The molecule has 0 radical (unpaired) electrons. The Morgan fingerprint density at radius 3 is 0.679 bits per heavy atom. The van der Waals surface area contributed by atoms with Gasteiger partial charge in [0.1, 0.15) is 0 Å². The van der Waals surface area contributed by atoms with E-state index in [1.54, 1.807) is 0 Å². The first kappa shape index (κ1) is 24.5. The maximum atomic E-state index is 13.2. The lowest BCUT2D eigenvalue weighted by Crippen LogP contribution is -2.19. The summed E-state index contributed by atoms with van der Waals surface area (Å²) < 4.78 is 60.0. The molecule has 0 atom stereocenters. The van der Waals surface area contributed by atoms with Crippen LogP contribution in [-0.2, 0) is 37.6 Å². The topological polar surface area (TPSA) is 89.5 Å². The molecule has 0 amide bonds. The molecule has 3 saturated heterocycles. The SMILES string of the molecule is O=P12CCOCCOCCP(=O)(CCOCCOCC1)CCOCCOCC2. The van der Waals surface area contributed by atoms with Crippen molar-refractivity contribution in [1.29, 1.82) is 0 Å². The number of fused-ring (bicyclic) bond motifs is 21. The lowest BCUT2D eigenvalue weighted by Gasteiger charge is -2.21. The molecule has 28 heavy (non-hydrogen) atoms. The molecule has 0 unspecified atom stereocenters. The van der Waals surface area contributed by atoms with Crippen LogP contribution in [-0.4, -0.2) is 116 Å². The Bertz CT molecular complexity index is 391. The number of ether oxygens (including phenoxy) is 6. The zero-order valence-electron chi connectivity index (χ0n) is 16.9. The fraction of sp³-hybridized carbons (Fsp3) is 1.00. The third kappa shape index (κ3) is 10.8. The van der Waals surface area contributed by atoms with Gasteiger partial charge in [-0.15, -0.1) is 0 Å². The van der Waals surface area contributed by atoms with Gasteiger partial charge in [0.05, 0.1) is 93.6 Å². The minimum atomic E-state index is -2.42. The molecule has 3 aliphatic heterocycles. The van der Waals surface area contributed by atoms with Crippen molar-refractivity contribution in [3.8, 4) is 0 Å². The average molecular weight is 442 g/mol. The molecule has 166 valence electrons. The normalized spacial score (nSPS) is 34.4. The van der Waals surface area contributed by atoms with Gasteiger partial charge in [-0.3, -0.25) is 0 Å². The summed E-state index contributed by atoms with van der Waals surface area (Å²) in [4.78, 5) is 0. The molecule has 0 aromatic heterocycles. The highest BCUT2D eigenvalue weighted by Gasteiger charge is 2.23. The number of rotatable bonds is 0. The second-order valence-electron chi connectivity index (χ2n) is 7.13. The molecule has 0 aromatic carbocycles. The van der Waals surface area contributed by atoms with Gasteiger partial charge in [-0.1, -0.05) is 0 Å². The van der Waals surface area contributed by atoms with Gasteiger partial charge in [-0.05, 0) is 0 Å². The standard InChI is InChI=1S/C18H36O8P2/c19-27-13-7-21-1-2-22-8-14-28(20,17-11-25-5-3-23-9-15-27)18-12-26-6-4-24-10-16-27/h1-18H2. The van der Waals surface area contributed by atoms with Crippen molar-refractivity contribution < 1.29 is 37.6 Å². The Morgan fingerprint density at radius 2 is 0.500 bits per heavy atom. The highest BCUT2D eigenvalue weighted by Crippen LogP contribution is 2.45. The van der Waals surface area contributed by atoms with Crippen molar-refractivity contribution in [2.24, 2.45) is 0 Å². The van der Waals surface area contributed by atoms with Crippen molar-refractivity contribution in [3.63, 3.8) is 0 Å². The summed E-state index contributed by atoms with van der Waals surface area (Å²) >= 11 is 0. The van der Waals surface area contributed by atoms with E-state index in [1.165, 1.54) is 0 Å². The van der Waals surface area contributed by atoms with Gasteiger partial charge in [-0.2, -0.15) is 0 Å². The molecular formula is C18H36O8P2. The third-order valence-electron chi connectivity index (χ3n) is 4.97. The molecular weight excluding hydrogens is 406 g/mol. The van der Waals surface area contributed by atoms with Crippen molar-refractivity contribution in [3.05, 3.63) is 0 Å². The molecule has 2 bridgehead atoms. The molecule has 3 rings (SSSR count). The highest BCUT2D eigenvalue weighted by atomic mass is 31.2. The smallest absolute Gasteiger partial charge is 0.0944 e. The second-order valence-corrected chi connectivity index (χ2v) is 14.0. The van der Waals surface area contributed by atoms with Crippen LogP contribution >= 0.6 is 14.3 Å². The molecule has 8 nitrogen and oxygen atoms in total. The van der Waals surface area contributed by atoms with E-state index >= 15 is 0 Å². The van der Waals surface area contributed by atoms with E-state index in [0.29, 0.717) is 116 Å². The first-order valence-electron chi connectivity index (χ1n) is 10.2. The quantitative estimate of drug-likeness (QED) is 0.525. The van der Waals surface area contributed by atoms with Crippen molar-refractivity contribution >= 4 is 14.3 Å². The fourth-order valence-electron chi connectivity index (χ4n) is 3.02. The van der Waals surface area contributed by atoms with E-state index in [0.717, 1.165) is 0 Å². The Labute approximate surface area is 168 Å². The van der Waals surface area contributed by atoms with Crippen LogP contribution in [0.15, 0.2) is 0 Å². The molecule has 0 saturated carbocycles. The summed E-state index contributed by atoms with van der Waals surface area (Å²) in [5.74, 6) is 0. The maximum Gasteiger partial charge on any atom is 0.0944 e. The van der Waals surface area contributed by atoms with E-state index in [1.807, 2.05) is 0 Å². The Morgan fingerprint density at radius 1 is 0.321 bits per heavy atom. The summed E-state index contributed by atoms with van der Waals surface area (Å²) in [6, 6.07) is 0. The van der Waals surface area contributed by atoms with Gasteiger partial charge in [0.15, 0.2) is 0 Å². The van der Waals surface area contributed by atoms with Crippen LogP contribution in [0.2, 0.25) is 0 Å². The van der Waals surface area contributed by atoms with Crippen molar-refractivity contribution in [2.75, 3.05) is 116 Å². The summed E-state index contributed by atoms with van der Waals surface area (Å²) in [6.45, 7) is 5.30. The number of hydrogen-bond acceptors (Lipinski definition) is 8. The number of hydrogen-bond donors (Lipinski definition) is 0. The van der Waals surface area contributed by atoms with Crippen molar-refractivity contribution in [1.82, 2.24) is 0 Å². The zero-order valence-corrected chi connectivity index (χ0v) is 18.7. The van der Waals surface area contributed by atoms with Crippen molar-refractivity contribution in [2.45, 2.75) is 0 Å². The van der Waals surface area contributed by atoms with E-state index in [2.05, 4.69) is 0 Å². The minimum absolute atomic E-state index is 0.436. The Balaban J connectivity index is 2.01. The zero-order chi connectivity index (χ0) is 20.0. The lowest BCUT2D eigenvalue weighted by atomic mass is 10.7. The molecule has 3 aliphatic rings. The first-order valence-corrected chi connectivity index (χ1v) is 14.8. The van der Waals surface area contributed by atoms with Gasteiger partial charge in [0.25, 0.3) is 0 Å². The third-order valence-corrected chi connectivity index (χ3v) is 11.0. The van der Waals surface area contributed by atoms with E-state index in [4.69, 9.17) is 28.4 Å². The molecule has 0 aromatic rings. The molecule has 3 heterocycles. The second kappa shape index (κ2) is 14.3. The first-order chi connectivity index (χ1) is 13.6. The van der Waals surface area contributed by atoms with Crippen LogP contribution in [0.1, 0.15) is 0 Å². The van der Waals surface area contributed by atoms with Crippen LogP contribution in [0.5, 0.6) is 0 Å². The summed E-state index contributed by atoms with van der Waals surface area (Å²) in [5, 5.41) is 0. The predicted molar refractivity (Wildman–Crippen MR) is 109 cm³/mol. The molecule has 0 aliphatic carbocycles. The van der Waals surface area contributed by atoms with Crippen LogP contribution in [0.4, 0.5) is 0 Å². The maximum absolute atomic E-state index is 13.2. The van der Waals surface area contributed by atoms with Crippen LogP contribution < -0.4 is 0 Å². The fourth-order valence-corrected chi connectivity index (χ4v) is 7.13. The van der Waals surface area contributed by atoms with Crippen LogP contribution in [0, 0.1) is 0 Å². The lowest BCUT2D eigenvalue weighted by molar-refractivity contribution is 0.0528. The summed E-state index contributed by atoms with van der Waals surface area (Å²) in [7, 11) is -4.83. The average Bonchev–Trinajstić information content (AvgIpc) is 2.67. The van der Waals surface area contributed by atoms with Gasteiger partial charge in [0.2, 0.25) is 0 Å². The Hall–Kier alpha value is 0.220. The highest BCUT2D eigenvalue weighted by molar-refractivity contribution is 7.64. The largest absolute Gasteiger partial charge is 0.379 e. The van der Waals surface area contributed by atoms with Gasteiger partial charge in [0, 0.05) is 37.0 Å². The van der Waals surface area contributed by atoms with E-state index < -0.39 is 14.3 Å². The molecule has 3 fully saturated rings. The molecule has 0 N–H and O–H groups in total.